The quantitative estimate of drug-likeness (QED) is 0.484. The number of nitrogens with one attached hydrogen (secondary N) is 1. The molecule has 5 nitrogen and oxygen atoms in total. The van der Waals surface area contributed by atoms with Crippen LogP contribution in [0.3, 0.4) is 0 Å². The summed E-state index contributed by atoms with van der Waals surface area (Å²) in [5.74, 6) is 2.76. The first-order chi connectivity index (χ1) is 12.8. The van der Waals surface area contributed by atoms with E-state index < -0.39 is 0 Å². The van der Waals surface area contributed by atoms with Crippen LogP contribution < -0.4 is 4.74 Å². The molecular weight excluding hydrogens is 344 g/mol. The number of rotatable bonds is 6. The first kappa shape index (κ1) is 16.8. The van der Waals surface area contributed by atoms with Crippen molar-refractivity contribution in [3.05, 3.63) is 42.9 Å². The van der Waals surface area contributed by atoms with Gasteiger partial charge in [-0.2, -0.15) is 0 Å². The first-order valence-corrected chi connectivity index (χ1v) is 9.76. The lowest BCUT2D eigenvalue weighted by molar-refractivity contribution is 0.344. The van der Waals surface area contributed by atoms with Crippen molar-refractivity contribution in [3.63, 3.8) is 0 Å². The third-order valence-corrected chi connectivity index (χ3v) is 5.29. The van der Waals surface area contributed by atoms with Crippen LogP contribution in [-0.4, -0.2) is 32.3 Å². The number of benzene rings is 2. The second-order valence-electron chi connectivity index (χ2n) is 5.98. The van der Waals surface area contributed by atoms with Crippen molar-refractivity contribution >= 4 is 33.7 Å². The Morgan fingerprint density at radius 2 is 2.08 bits per heavy atom. The molecule has 0 atom stereocenters. The summed E-state index contributed by atoms with van der Waals surface area (Å²) in [5, 5.41) is 2.27. The predicted molar refractivity (Wildman–Crippen MR) is 107 cm³/mol. The molecule has 4 rings (SSSR count). The molecule has 0 saturated heterocycles. The molecule has 0 aliphatic carbocycles. The minimum Gasteiger partial charge on any atom is -0.493 e. The SMILES string of the molecule is CCCSc1ccc2c(OCC)cc(-c3nc4ncncc4[nH]3)cc2c1. The molecule has 6 heteroatoms. The number of fused-ring (bicyclic) bond motifs is 2. The Morgan fingerprint density at radius 3 is 2.88 bits per heavy atom. The third-order valence-electron chi connectivity index (χ3n) is 4.09. The molecule has 4 aromatic rings. The number of H-pyrrole nitrogens is 1. The molecule has 0 fully saturated rings. The van der Waals surface area contributed by atoms with Gasteiger partial charge >= 0.3 is 0 Å². The maximum absolute atomic E-state index is 5.90. The molecule has 0 amide bonds. The molecule has 2 aromatic carbocycles. The van der Waals surface area contributed by atoms with Gasteiger partial charge < -0.3 is 9.72 Å². The summed E-state index contributed by atoms with van der Waals surface area (Å²) in [6, 6.07) is 10.7. The summed E-state index contributed by atoms with van der Waals surface area (Å²) in [6.07, 6.45) is 4.41. The van der Waals surface area contributed by atoms with Gasteiger partial charge in [-0.15, -0.1) is 11.8 Å². The van der Waals surface area contributed by atoms with Gasteiger partial charge in [0, 0.05) is 15.8 Å². The molecule has 132 valence electrons. The van der Waals surface area contributed by atoms with E-state index >= 15 is 0 Å². The van der Waals surface area contributed by atoms with Crippen LogP contribution in [0.25, 0.3) is 33.3 Å². The minimum atomic E-state index is 0.622. The smallest absolute Gasteiger partial charge is 0.181 e. The maximum atomic E-state index is 5.90. The number of imidazole rings is 1. The predicted octanol–water partition coefficient (Wildman–Crippen LogP) is 5.07. The highest BCUT2D eigenvalue weighted by molar-refractivity contribution is 7.99. The lowest BCUT2D eigenvalue weighted by Gasteiger charge is -2.11. The van der Waals surface area contributed by atoms with Crippen LogP contribution in [0.5, 0.6) is 5.75 Å². The number of aromatic amines is 1. The zero-order chi connectivity index (χ0) is 17.9. The van der Waals surface area contributed by atoms with Crippen LogP contribution in [0.1, 0.15) is 20.3 Å². The van der Waals surface area contributed by atoms with Gasteiger partial charge in [0.25, 0.3) is 0 Å². The Balaban J connectivity index is 1.85. The number of ether oxygens (including phenoxy) is 1. The van der Waals surface area contributed by atoms with Crippen LogP contribution in [-0.2, 0) is 0 Å². The molecule has 26 heavy (non-hydrogen) atoms. The summed E-state index contributed by atoms with van der Waals surface area (Å²) in [6.45, 7) is 4.82. The fourth-order valence-corrected chi connectivity index (χ4v) is 3.75. The molecular formula is C20H20N4OS. The van der Waals surface area contributed by atoms with Crippen molar-refractivity contribution in [2.45, 2.75) is 25.2 Å². The number of nitrogens with zero attached hydrogens (tertiary/aromatic N) is 3. The van der Waals surface area contributed by atoms with E-state index in [4.69, 9.17) is 4.74 Å². The van der Waals surface area contributed by atoms with Crippen LogP contribution >= 0.6 is 11.8 Å². The van der Waals surface area contributed by atoms with Gasteiger partial charge in [-0.1, -0.05) is 6.92 Å². The van der Waals surface area contributed by atoms with E-state index in [9.17, 15) is 0 Å². The summed E-state index contributed by atoms with van der Waals surface area (Å²) in [7, 11) is 0. The standard InChI is InChI=1S/C20H20N4OS/c1-3-7-26-15-5-6-16-13(9-15)8-14(10-18(16)25-4-2)19-23-17-11-21-12-22-20(17)24-19/h5-6,8-12H,3-4,7H2,1-2H3,(H,21,22,23,24). The molecule has 0 saturated carbocycles. The largest absolute Gasteiger partial charge is 0.493 e. The summed E-state index contributed by atoms with van der Waals surface area (Å²) in [5.41, 5.74) is 2.48. The highest BCUT2D eigenvalue weighted by Gasteiger charge is 2.11. The number of hydrogen-bond acceptors (Lipinski definition) is 5. The number of aromatic nitrogens is 4. The van der Waals surface area contributed by atoms with Crippen molar-refractivity contribution in [2.75, 3.05) is 12.4 Å². The molecule has 0 bridgehead atoms. The van der Waals surface area contributed by atoms with Gasteiger partial charge in [0.15, 0.2) is 5.65 Å². The van der Waals surface area contributed by atoms with Crippen LogP contribution in [0.4, 0.5) is 0 Å². The Kier molecular flexibility index (Phi) is 4.75. The van der Waals surface area contributed by atoms with E-state index in [1.165, 1.54) is 11.2 Å². The average Bonchev–Trinajstić information content (AvgIpc) is 3.10. The first-order valence-electron chi connectivity index (χ1n) is 8.78. The highest BCUT2D eigenvalue weighted by Crippen LogP contribution is 2.34. The summed E-state index contributed by atoms with van der Waals surface area (Å²) in [4.78, 5) is 17.4. The van der Waals surface area contributed by atoms with E-state index in [1.54, 1.807) is 6.20 Å². The third kappa shape index (κ3) is 3.24. The zero-order valence-corrected chi connectivity index (χ0v) is 15.6. The average molecular weight is 364 g/mol. The summed E-state index contributed by atoms with van der Waals surface area (Å²) >= 11 is 1.88. The Labute approximate surface area is 156 Å². The Bertz CT molecular complexity index is 1030. The zero-order valence-electron chi connectivity index (χ0n) is 14.8. The van der Waals surface area contributed by atoms with Gasteiger partial charge in [0.1, 0.15) is 23.4 Å². The van der Waals surface area contributed by atoms with Gasteiger partial charge in [0.2, 0.25) is 0 Å². The monoisotopic (exact) mass is 364 g/mol. The Hall–Kier alpha value is -2.60. The summed E-state index contributed by atoms with van der Waals surface area (Å²) < 4.78 is 5.90. The van der Waals surface area contributed by atoms with E-state index in [0.717, 1.165) is 45.6 Å². The molecule has 0 aliphatic heterocycles. The second-order valence-corrected chi connectivity index (χ2v) is 7.15. The number of hydrogen-bond donors (Lipinski definition) is 1. The highest BCUT2D eigenvalue weighted by atomic mass is 32.2. The van der Waals surface area contributed by atoms with Crippen molar-refractivity contribution in [1.82, 2.24) is 19.9 Å². The van der Waals surface area contributed by atoms with Crippen molar-refractivity contribution < 1.29 is 4.74 Å². The van der Waals surface area contributed by atoms with Gasteiger partial charge in [-0.25, -0.2) is 15.0 Å². The molecule has 0 unspecified atom stereocenters. The fraction of sp³-hybridized carbons (Fsp3) is 0.250. The lowest BCUT2D eigenvalue weighted by Crippen LogP contribution is -1.94. The van der Waals surface area contributed by atoms with Crippen molar-refractivity contribution in [1.29, 1.82) is 0 Å². The normalized spacial score (nSPS) is 11.3. The van der Waals surface area contributed by atoms with Crippen LogP contribution in [0.2, 0.25) is 0 Å². The second kappa shape index (κ2) is 7.33. The maximum Gasteiger partial charge on any atom is 0.181 e. The van der Waals surface area contributed by atoms with E-state index in [2.05, 4.69) is 51.1 Å². The molecule has 1 N–H and O–H groups in total. The van der Waals surface area contributed by atoms with Gasteiger partial charge in [-0.05, 0) is 54.8 Å². The topological polar surface area (TPSA) is 63.7 Å². The van der Waals surface area contributed by atoms with Crippen LogP contribution in [0, 0.1) is 0 Å². The lowest BCUT2D eigenvalue weighted by atomic mass is 10.1. The molecule has 0 aliphatic rings. The number of thioether (sulfide) groups is 1. The van der Waals surface area contributed by atoms with Gasteiger partial charge in [0.05, 0.1) is 12.8 Å². The van der Waals surface area contributed by atoms with E-state index in [0.29, 0.717) is 12.3 Å². The van der Waals surface area contributed by atoms with E-state index in [1.807, 2.05) is 24.8 Å². The molecule has 2 aromatic heterocycles. The van der Waals surface area contributed by atoms with Crippen molar-refractivity contribution in [2.24, 2.45) is 0 Å². The van der Waals surface area contributed by atoms with Gasteiger partial charge in [-0.3, -0.25) is 0 Å². The van der Waals surface area contributed by atoms with Crippen LogP contribution in [0.15, 0.2) is 47.8 Å². The molecule has 2 heterocycles. The molecule has 0 radical (unpaired) electrons. The van der Waals surface area contributed by atoms with Crippen molar-refractivity contribution in [3.8, 4) is 17.1 Å². The van der Waals surface area contributed by atoms with E-state index in [-0.39, 0.29) is 0 Å². The molecule has 0 spiro atoms. The fourth-order valence-electron chi connectivity index (χ4n) is 2.93. The minimum absolute atomic E-state index is 0.622. The Morgan fingerprint density at radius 1 is 1.15 bits per heavy atom.